The second-order valence-electron chi connectivity index (χ2n) is 2.86. The van der Waals surface area contributed by atoms with E-state index in [1.54, 1.807) is 0 Å². The van der Waals surface area contributed by atoms with Crippen LogP contribution in [0.5, 0.6) is 5.75 Å². The van der Waals surface area contributed by atoms with Crippen LogP contribution in [0.15, 0.2) is 24.3 Å². The van der Waals surface area contributed by atoms with E-state index in [9.17, 15) is 0 Å². The Hall–Kier alpha value is -0.915. The minimum atomic E-state index is 0.777. The Morgan fingerprint density at radius 1 is 1.25 bits per heavy atom. The van der Waals surface area contributed by atoms with Gasteiger partial charge in [0.2, 0.25) is 0 Å². The lowest BCUT2D eigenvalue weighted by Gasteiger charge is -2.04. The zero-order chi connectivity index (χ0) is 8.81. The maximum atomic E-state index is 5.47. The number of ether oxygens (including phenoxy) is 1. The zero-order valence-electron chi connectivity index (χ0n) is 7.71. The third-order valence-corrected chi connectivity index (χ3v) is 1.70. The van der Waals surface area contributed by atoms with Crippen molar-refractivity contribution in [3.05, 3.63) is 29.8 Å². The third-order valence-electron chi connectivity index (χ3n) is 1.70. The summed E-state index contributed by atoms with van der Waals surface area (Å²) in [5.41, 5.74) is 1.27. The summed E-state index contributed by atoms with van der Waals surface area (Å²) in [5.74, 6) is 0.961. The molecule has 1 aromatic rings. The first-order chi connectivity index (χ1) is 5.83. The summed E-state index contributed by atoms with van der Waals surface area (Å²) in [7, 11) is 2.11. The lowest BCUT2D eigenvalue weighted by molar-refractivity contribution is 0.340. The summed E-state index contributed by atoms with van der Waals surface area (Å²) < 4.78 is 5.47. The van der Waals surface area contributed by atoms with Crippen LogP contribution in [-0.2, 0) is 0 Å². The Bertz CT molecular complexity index is 218. The molecule has 1 radical (unpaired) electrons. The second kappa shape index (κ2) is 4.86. The van der Waals surface area contributed by atoms with E-state index in [-0.39, 0.29) is 0 Å². The molecular formula is C10H14BO. The summed E-state index contributed by atoms with van der Waals surface area (Å²) in [5, 5.41) is 0. The highest BCUT2D eigenvalue weighted by atomic mass is 16.5. The molecule has 0 spiro atoms. The number of aryl methyl sites for hydroxylation is 1. The minimum Gasteiger partial charge on any atom is -0.494 e. The first-order valence-corrected chi connectivity index (χ1v) is 4.30. The molecule has 0 fully saturated rings. The minimum absolute atomic E-state index is 0.777. The van der Waals surface area contributed by atoms with E-state index in [4.69, 9.17) is 4.74 Å². The van der Waals surface area contributed by atoms with Crippen molar-refractivity contribution >= 4 is 7.28 Å². The van der Waals surface area contributed by atoms with Crippen LogP contribution in [-0.4, -0.2) is 13.9 Å². The maximum absolute atomic E-state index is 5.47. The van der Waals surface area contributed by atoms with E-state index >= 15 is 0 Å². The fourth-order valence-electron chi connectivity index (χ4n) is 0.929. The van der Waals surface area contributed by atoms with Gasteiger partial charge in [-0.1, -0.05) is 24.5 Å². The molecule has 0 aromatic heterocycles. The van der Waals surface area contributed by atoms with Crippen LogP contribution in [0.25, 0.3) is 0 Å². The summed E-state index contributed by atoms with van der Waals surface area (Å²) in [4.78, 5) is 0. The number of hydrogen-bond donors (Lipinski definition) is 0. The van der Waals surface area contributed by atoms with Crippen LogP contribution in [0.2, 0.25) is 13.1 Å². The average molecular weight is 161 g/mol. The van der Waals surface area contributed by atoms with Gasteiger partial charge in [-0.15, -0.1) is 0 Å². The molecule has 0 aliphatic heterocycles. The van der Waals surface area contributed by atoms with Crippen LogP contribution >= 0.6 is 0 Å². The summed E-state index contributed by atoms with van der Waals surface area (Å²) in [6.07, 6.45) is 1.01. The molecule has 0 atom stereocenters. The van der Waals surface area contributed by atoms with Crippen LogP contribution in [0.3, 0.4) is 0 Å². The Morgan fingerprint density at radius 2 is 1.92 bits per heavy atom. The third kappa shape index (κ3) is 2.99. The molecule has 1 aromatic carbocycles. The SMILES string of the molecule is C[B]CCOc1ccc(C)cc1. The molecule has 0 aliphatic rings. The topological polar surface area (TPSA) is 9.23 Å². The monoisotopic (exact) mass is 161 g/mol. The molecule has 0 saturated carbocycles. The van der Waals surface area contributed by atoms with Gasteiger partial charge in [0, 0.05) is 0 Å². The summed E-state index contributed by atoms with van der Waals surface area (Å²) in [6, 6.07) is 8.13. The van der Waals surface area contributed by atoms with Crippen molar-refractivity contribution in [2.24, 2.45) is 0 Å². The fourth-order valence-corrected chi connectivity index (χ4v) is 0.929. The quantitative estimate of drug-likeness (QED) is 0.487. The molecule has 0 unspecified atom stereocenters. The molecule has 1 nitrogen and oxygen atoms in total. The van der Waals surface area contributed by atoms with Crippen molar-refractivity contribution in [3.8, 4) is 5.75 Å². The number of rotatable bonds is 4. The van der Waals surface area contributed by atoms with Gasteiger partial charge in [0.15, 0.2) is 0 Å². The second-order valence-corrected chi connectivity index (χ2v) is 2.86. The largest absolute Gasteiger partial charge is 0.494 e. The Kier molecular flexibility index (Phi) is 3.72. The van der Waals surface area contributed by atoms with Crippen LogP contribution in [0, 0.1) is 6.92 Å². The van der Waals surface area contributed by atoms with Crippen molar-refractivity contribution in [1.29, 1.82) is 0 Å². The van der Waals surface area contributed by atoms with Gasteiger partial charge in [0.25, 0.3) is 0 Å². The van der Waals surface area contributed by atoms with Gasteiger partial charge >= 0.3 is 0 Å². The van der Waals surface area contributed by atoms with E-state index in [0.717, 1.165) is 18.7 Å². The normalized spacial score (nSPS) is 9.50. The molecule has 0 N–H and O–H groups in total. The Balaban J connectivity index is 2.37. The molecule has 0 heterocycles. The molecule has 12 heavy (non-hydrogen) atoms. The van der Waals surface area contributed by atoms with E-state index < -0.39 is 0 Å². The van der Waals surface area contributed by atoms with Crippen molar-refractivity contribution < 1.29 is 4.74 Å². The van der Waals surface area contributed by atoms with Gasteiger partial charge in [0.05, 0.1) is 6.61 Å². The molecule has 0 aliphatic carbocycles. The lowest BCUT2D eigenvalue weighted by Crippen LogP contribution is -1.98. The van der Waals surface area contributed by atoms with Crippen molar-refractivity contribution in [3.63, 3.8) is 0 Å². The molecular weight excluding hydrogens is 147 g/mol. The van der Waals surface area contributed by atoms with E-state index in [1.807, 2.05) is 19.0 Å². The predicted molar refractivity (Wildman–Crippen MR) is 53.1 cm³/mol. The predicted octanol–water partition coefficient (Wildman–Crippen LogP) is 2.54. The van der Waals surface area contributed by atoms with E-state index in [2.05, 4.69) is 26.3 Å². The van der Waals surface area contributed by atoms with Gasteiger partial charge in [-0.3, -0.25) is 0 Å². The highest BCUT2D eigenvalue weighted by Gasteiger charge is 1.91. The van der Waals surface area contributed by atoms with Crippen LogP contribution < -0.4 is 4.74 Å². The van der Waals surface area contributed by atoms with Gasteiger partial charge in [-0.05, 0) is 25.4 Å². The number of hydrogen-bond acceptors (Lipinski definition) is 1. The van der Waals surface area contributed by atoms with Gasteiger partial charge in [-0.2, -0.15) is 0 Å². The van der Waals surface area contributed by atoms with Gasteiger partial charge < -0.3 is 4.74 Å². The summed E-state index contributed by atoms with van der Waals surface area (Å²) in [6.45, 7) is 4.89. The van der Waals surface area contributed by atoms with Crippen molar-refractivity contribution in [1.82, 2.24) is 0 Å². The average Bonchev–Trinajstić information content (AvgIpc) is 2.09. The summed E-state index contributed by atoms with van der Waals surface area (Å²) >= 11 is 0. The zero-order valence-corrected chi connectivity index (χ0v) is 7.71. The maximum Gasteiger partial charge on any atom is 0.119 e. The fraction of sp³-hybridized carbons (Fsp3) is 0.400. The molecule has 2 heteroatoms. The lowest BCUT2D eigenvalue weighted by atomic mass is 9.79. The first-order valence-electron chi connectivity index (χ1n) is 4.30. The smallest absolute Gasteiger partial charge is 0.119 e. The molecule has 0 bridgehead atoms. The highest BCUT2D eigenvalue weighted by Crippen LogP contribution is 2.11. The standard InChI is InChI=1S/C10H14BO/c1-9-3-5-10(6-4-9)12-8-7-11-2/h3-6H,7-8H2,1-2H3. The number of benzene rings is 1. The van der Waals surface area contributed by atoms with Gasteiger partial charge in [0.1, 0.15) is 13.0 Å². The van der Waals surface area contributed by atoms with Crippen molar-refractivity contribution in [2.45, 2.75) is 20.1 Å². The van der Waals surface area contributed by atoms with Crippen molar-refractivity contribution in [2.75, 3.05) is 6.61 Å². The van der Waals surface area contributed by atoms with Crippen LogP contribution in [0.1, 0.15) is 5.56 Å². The molecule has 0 amide bonds. The van der Waals surface area contributed by atoms with E-state index in [0.29, 0.717) is 0 Å². The Labute approximate surface area is 75.0 Å². The Morgan fingerprint density at radius 3 is 2.50 bits per heavy atom. The van der Waals surface area contributed by atoms with Crippen LogP contribution in [0.4, 0.5) is 0 Å². The molecule has 63 valence electrons. The van der Waals surface area contributed by atoms with E-state index in [1.165, 1.54) is 5.56 Å². The molecule has 0 saturated heterocycles. The first kappa shape index (κ1) is 9.18. The molecule has 1 rings (SSSR count). The van der Waals surface area contributed by atoms with Gasteiger partial charge in [-0.25, -0.2) is 0 Å². The highest BCUT2D eigenvalue weighted by molar-refractivity contribution is 6.33.